The van der Waals surface area contributed by atoms with Gasteiger partial charge < -0.3 is 20.5 Å². The third-order valence-electron chi connectivity index (χ3n) is 2.60. The summed E-state index contributed by atoms with van der Waals surface area (Å²) in [5.74, 6) is 0.275. The van der Waals surface area contributed by atoms with E-state index in [4.69, 9.17) is 26.8 Å². The van der Waals surface area contributed by atoms with Crippen LogP contribution < -0.4 is 15.8 Å². The molecule has 0 aliphatic heterocycles. The molecule has 0 heterocycles. The zero-order valence-electron chi connectivity index (χ0n) is 12.4. The van der Waals surface area contributed by atoms with Crippen molar-refractivity contribution in [3.8, 4) is 5.75 Å². The van der Waals surface area contributed by atoms with E-state index in [9.17, 15) is 4.79 Å². The lowest BCUT2D eigenvalue weighted by Crippen LogP contribution is -2.28. The van der Waals surface area contributed by atoms with Crippen LogP contribution in [0.3, 0.4) is 0 Å². The number of benzene rings is 1. The van der Waals surface area contributed by atoms with Crippen LogP contribution in [0.2, 0.25) is 5.02 Å². The van der Waals surface area contributed by atoms with Gasteiger partial charge in [0.2, 0.25) is 5.91 Å². The molecule has 0 bridgehead atoms. The molecule has 0 aliphatic carbocycles. The van der Waals surface area contributed by atoms with E-state index in [2.05, 4.69) is 5.32 Å². The first kappa shape index (κ1) is 20.0. The molecule has 1 aromatic carbocycles. The van der Waals surface area contributed by atoms with Gasteiger partial charge in [-0.1, -0.05) is 17.7 Å². The van der Waals surface area contributed by atoms with Crippen molar-refractivity contribution in [3.63, 3.8) is 0 Å². The fourth-order valence-electron chi connectivity index (χ4n) is 1.63. The molecule has 1 atom stereocenters. The molecule has 0 spiro atoms. The molecule has 0 radical (unpaired) electrons. The fraction of sp³-hybridized carbons (Fsp3) is 0.500. The number of nitrogens with one attached hydrogen (secondary N) is 1. The maximum absolute atomic E-state index is 11.9. The number of ether oxygens (including phenoxy) is 2. The highest BCUT2D eigenvalue weighted by atomic mass is 35.5. The number of anilines is 1. The lowest BCUT2D eigenvalue weighted by atomic mass is 10.2. The van der Waals surface area contributed by atoms with Crippen molar-refractivity contribution in [2.75, 3.05) is 19.0 Å². The van der Waals surface area contributed by atoms with Crippen LogP contribution in [0.25, 0.3) is 0 Å². The average molecular weight is 337 g/mol. The lowest BCUT2D eigenvalue weighted by molar-refractivity contribution is -0.118. The van der Waals surface area contributed by atoms with Crippen molar-refractivity contribution < 1.29 is 14.3 Å². The van der Waals surface area contributed by atoms with E-state index < -0.39 is 0 Å². The number of methoxy groups -OCH3 is 1. The summed E-state index contributed by atoms with van der Waals surface area (Å²) in [7, 11) is 1.53. The number of rotatable bonds is 7. The van der Waals surface area contributed by atoms with E-state index in [1.807, 2.05) is 13.8 Å². The minimum absolute atomic E-state index is 0. The second-order valence-corrected chi connectivity index (χ2v) is 5.04. The number of hydrogen-bond acceptors (Lipinski definition) is 4. The standard InChI is InChI=1S/C14H21ClN2O3.ClH/c1-9(2)20-14-11(15)5-4-6-12(14)17-13(18)7-10(8-16)19-3;/h4-6,9-10H,7-8,16H2,1-3H3,(H,17,18);1H. The molecule has 5 nitrogen and oxygen atoms in total. The van der Waals surface area contributed by atoms with E-state index in [1.165, 1.54) is 7.11 Å². The molecular weight excluding hydrogens is 315 g/mol. The van der Waals surface area contributed by atoms with E-state index in [0.29, 0.717) is 16.5 Å². The van der Waals surface area contributed by atoms with Crippen LogP contribution in [-0.2, 0) is 9.53 Å². The van der Waals surface area contributed by atoms with Crippen molar-refractivity contribution in [1.82, 2.24) is 0 Å². The van der Waals surface area contributed by atoms with Crippen LogP contribution >= 0.6 is 24.0 Å². The molecule has 7 heteroatoms. The third-order valence-corrected chi connectivity index (χ3v) is 2.90. The number of nitrogens with two attached hydrogens (primary N) is 1. The molecule has 1 aromatic rings. The first-order valence-electron chi connectivity index (χ1n) is 6.45. The second kappa shape index (κ2) is 9.84. The minimum Gasteiger partial charge on any atom is -0.487 e. The predicted octanol–water partition coefficient (Wildman–Crippen LogP) is 2.85. The topological polar surface area (TPSA) is 73.6 Å². The zero-order valence-corrected chi connectivity index (χ0v) is 14.0. The van der Waals surface area contributed by atoms with Gasteiger partial charge in [-0.3, -0.25) is 4.79 Å². The summed E-state index contributed by atoms with van der Waals surface area (Å²) in [5, 5.41) is 3.23. The Hall–Kier alpha value is -1.01. The van der Waals surface area contributed by atoms with Crippen LogP contribution in [-0.4, -0.2) is 31.8 Å². The number of para-hydroxylation sites is 1. The van der Waals surface area contributed by atoms with Gasteiger partial charge in [0, 0.05) is 13.7 Å². The normalized spacial score (nSPS) is 11.7. The summed E-state index contributed by atoms with van der Waals surface area (Å²) in [5.41, 5.74) is 6.04. The Labute approximate surface area is 136 Å². The number of carbonyl (C=O) groups is 1. The molecule has 21 heavy (non-hydrogen) atoms. The van der Waals surface area contributed by atoms with Crippen molar-refractivity contribution in [2.24, 2.45) is 5.73 Å². The van der Waals surface area contributed by atoms with Gasteiger partial charge in [0.25, 0.3) is 0 Å². The summed E-state index contributed by atoms with van der Waals surface area (Å²) in [4.78, 5) is 11.9. The average Bonchev–Trinajstić information content (AvgIpc) is 2.39. The third kappa shape index (κ3) is 6.52. The van der Waals surface area contributed by atoms with Crippen LogP contribution in [0.15, 0.2) is 18.2 Å². The molecule has 1 amide bonds. The quantitative estimate of drug-likeness (QED) is 0.802. The van der Waals surface area contributed by atoms with E-state index >= 15 is 0 Å². The molecule has 1 rings (SSSR count). The first-order valence-corrected chi connectivity index (χ1v) is 6.83. The highest BCUT2D eigenvalue weighted by Crippen LogP contribution is 2.33. The Balaban J connectivity index is 0.00000400. The van der Waals surface area contributed by atoms with Crippen molar-refractivity contribution in [2.45, 2.75) is 32.5 Å². The first-order chi connectivity index (χ1) is 9.47. The molecule has 0 saturated carbocycles. The van der Waals surface area contributed by atoms with Crippen LogP contribution in [0, 0.1) is 0 Å². The van der Waals surface area contributed by atoms with Gasteiger partial charge >= 0.3 is 0 Å². The Morgan fingerprint density at radius 3 is 2.62 bits per heavy atom. The molecular formula is C14H22Cl2N2O3. The maximum atomic E-state index is 11.9. The molecule has 0 saturated heterocycles. The Morgan fingerprint density at radius 2 is 2.10 bits per heavy atom. The summed E-state index contributed by atoms with van der Waals surface area (Å²) < 4.78 is 10.7. The highest BCUT2D eigenvalue weighted by molar-refractivity contribution is 6.32. The van der Waals surface area contributed by atoms with Gasteiger partial charge in [0.05, 0.1) is 29.3 Å². The molecule has 1 unspecified atom stereocenters. The number of hydrogen-bond donors (Lipinski definition) is 2. The van der Waals surface area contributed by atoms with Gasteiger partial charge in [-0.05, 0) is 26.0 Å². The van der Waals surface area contributed by atoms with Crippen LogP contribution in [0.5, 0.6) is 5.75 Å². The molecule has 120 valence electrons. The minimum atomic E-state index is -0.302. The van der Waals surface area contributed by atoms with Gasteiger partial charge in [0.1, 0.15) is 0 Å². The SMILES string of the molecule is COC(CN)CC(=O)Nc1cccc(Cl)c1OC(C)C.Cl. The molecule has 3 N–H and O–H groups in total. The summed E-state index contributed by atoms with van der Waals surface area (Å²) >= 11 is 6.10. The number of halogens is 2. The van der Waals surface area contributed by atoms with Gasteiger partial charge in [-0.15, -0.1) is 12.4 Å². The van der Waals surface area contributed by atoms with E-state index in [1.54, 1.807) is 18.2 Å². The smallest absolute Gasteiger partial charge is 0.227 e. The van der Waals surface area contributed by atoms with Crippen LogP contribution in [0.1, 0.15) is 20.3 Å². The Morgan fingerprint density at radius 1 is 1.43 bits per heavy atom. The molecule has 0 aromatic heterocycles. The maximum Gasteiger partial charge on any atom is 0.227 e. The summed E-state index contributed by atoms with van der Waals surface area (Å²) in [6.07, 6.45) is -0.161. The zero-order chi connectivity index (χ0) is 15.1. The largest absolute Gasteiger partial charge is 0.487 e. The van der Waals surface area contributed by atoms with Gasteiger partial charge in [-0.25, -0.2) is 0 Å². The molecule has 0 fully saturated rings. The second-order valence-electron chi connectivity index (χ2n) is 4.63. The van der Waals surface area contributed by atoms with Crippen molar-refractivity contribution >= 4 is 35.6 Å². The monoisotopic (exact) mass is 336 g/mol. The Bertz CT molecular complexity index is 452. The van der Waals surface area contributed by atoms with Crippen LogP contribution in [0.4, 0.5) is 5.69 Å². The van der Waals surface area contributed by atoms with E-state index in [0.717, 1.165) is 0 Å². The Kier molecular flexibility index (Phi) is 9.37. The molecule has 0 aliphatic rings. The van der Waals surface area contributed by atoms with Crippen molar-refractivity contribution in [3.05, 3.63) is 23.2 Å². The van der Waals surface area contributed by atoms with Crippen molar-refractivity contribution in [1.29, 1.82) is 0 Å². The fourth-order valence-corrected chi connectivity index (χ4v) is 1.85. The highest BCUT2D eigenvalue weighted by Gasteiger charge is 2.15. The summed E-state index contributed by atoms with van der Waals surface area (Å²) in [6.45, 7) is 4.07. The van der Waals surface area contributed by atoms with Gasteiger partial charge in [-0.2, -0.15) is 0 Å². The lowest BCUT2D eigenvalue weighted by Gasteiger charge is -2.17. The van der Waals surface area contributed by atoms with Gasteiger partial charge in [0.15, 0.2) is 5.75 Å². The predicted molar refractivity (Wildman–Crippen MR) is 87.6 cm³/mol. The summed E-state index contributed by atoms with van der Waals surface area (Å²) in [6, 6.07) is 5.21. The number of amides is 1. The van der Waals surface area contributed by atoms with E-state index in [-0.39, 0.29) is 43.5 Å². The number of carbonyl (C=O) groups excluding carboxylic acids is 1.